The second-order valence-electron chi connectivity index (χ2n) is 2.54. The van der Waals surface area contributed by atoms with E-state index in [4.69, 9.17) is 17.8 Å². The zero-order chi connectivity index (χ0) is 10.6. The fourth-order valence-electron chi connectivity index (χ4n) is 0.694. The van der Waals surface area contributed by atoms with Crippen LogP contribution in [0.3, 0.4) is 0 Å². The summed E-state index contributed by atoms with van der Waals surface area (Å²) in [5.41, 5.74) is 0. The molecule has 6 heteroatoms. The summed E-state index contributed by atoms with van der Waals surface area (Å²) in [6, 6.07) is 0. The van der Waals surface area contributed by atoms with Crippen LogP contribution in [0.1, 0.15) is 12.8 Å². The van der Waals surface area contributed by atoms with Gasteiger partial charge in [-0.25, -0.2) is 0 Å². The maximum Gasteiger partial charge on any atom is 0.304 e. The molecule has 0 bridgehead atoms. The van der Waals surface area contributed by atoms with E-state index in [1.165, 1.54) is 0 Å². The SMILES string of the molecule is COCCCOS(=O)OCCCOC. The highest BCUT2D eigenvalue weighted by Crippen LogP contribution is 1.93. The summed E-state index contributed by atoms with van der Waals surface area (Å²) in [7, 11) is 3.22. The predicted octanol–water partition coefficient (Wildman–Crippen LogP) is 0.671. The van der Waals surface area contributed by atoms with Crippen LogP contribution < -0.4 is 0 Å². The minimum absolute atomic E-state index is 0.380. The lowest BCUT2D eigenvalue weighted by Crippen LogP contribution is -2.07. The molecular formula is C8H18O5S. The van der Waals surface area contributed by atoms with E-state index in [1.807, 2.05) is 0 Å². The minimum atomic E-state index is -1.64. The lowest BCUT2D eigenvalue weighted by Gasteiger charge is -2.03. The van der Waals surface area contributed by atoms with Gasteiger partial charge in [0.05, 0.1) is 13.2 Å². The first-order valence-electron chi connectivity index (χ1n) is 4.47. The van der Waals surface area contributed by atoms with Crippen molar-refractivity contribution in [2.45, 2.75) is 12.8 Å². The molecule has 0 aliphatic rings. The Morgan fingerprint density at radius 3 is 1.64 bits per heavy atom. The van der Waals surface area contributed by atoms with Gasteiger partial charge >= 0.3 is 11.4 Å². The van der Waals surface area contributed by atoms with E-state index in [2.05, 4.69) is 0 Å². The van der Waals surface area contributed by atoms with Crippen LogP contribution in [0.4, 0.5) is 0 Å². The van der Waals surface area contributed by atoms with Gasteiger partial charge in [-0.2, -0.15) is 4.21 Å². The van der Waals surface area contributed by atoms with Crippen molar-refractivity contribution in [3.8, 4) is 0 Å². The second kappa shape index (κ2) is 11.1. The van der Waals surface area contributed by atoms with Gasteiger partial charge in [0.2, 0.25) is 0 Å². The third-order valence-electron chi connectivity index (χ3n) is 1.34. The largest absolute Gasteiger partial charge is 0.385 e. The van der Waals surface area contributed by atoms with Crippen LogP contribution in [-0.4, -0.2) is 44.9 Å². The Balaban J connectivity index is 3.11. The highest BCUT2D eigenvalue weighted by Gasteiger charge is 1.99. The molecule has 14 heavy (non-hydrogen) atoms. The van der Waals surface area contributed by atoms with E-state index < -0.39 is 11.4 Å². The normalized spacial score (nSPS) is 11.1. The molecule has 0 aromatic carbocycles. The fraction of sp³-hybridized carbons (Fsp3) is 1.00. The Hall–Kier alpha value is -0.0100. The molecule has 86 valence electrons. The van der Waals surface area contributed by atoms with E-state index in [-0.39, 0.29) is 0 Å². The van der Waals surface area contributed by atoms with E-state index >= 15 is 0 Å². The Kier molecular flexibility index (Phi) is 11.1. The maximum absolute atomic E-state index is 11.0. The number of rotatable bonds is 10. The molecule has 0 N–H and O–H groups in total. The minimum Gasteiger partial charge on any atom is -0.385 e. The van der Waals surface area contributed by atoms with E-state index in [0.29, 0.717) is 39.3 Å². The van der Waals surface area contributed by atoms with E-state index in [1.54, 1.807) is 14.2 Å². The molecule has 0 radical (unpaired) electrons. The van der Waals surface area contributed by atoms with Crippen LogP contribution >= 0.6 is 0 Å². The fourth-order valence-corrected chi connectivity index (χ4v) is 1.27. The van der Waals surface area contributed by atoms with E-state index in [9.17, 15) is 4.21 Å². The van der Waals surface area contributed by atoms with Crippen LogP contribution in [0.15, 0.2) is 0 Å². The molecule has 0 unspecified atom stereocenters. The molecule has 0 aliphatic carbocycles. The third kappa shape index (κ3) is 10.1. The van der Waals surface area contributed by atoms with Crippen LogP contribution in [0.25, 0.3) is 0 Å². The predicted molar refractivity (Wildman–Crippen MR) is 53.0 cm³/mol. The van der Waals surface area contributed by atoms with Gasteiger partial charge in [0.25, 0.3) is 0 Å². The number of hydrogen-bond donors (Lipinski definition) is 0. The first-order valence-corrected chi connectivity index (χ1v) is 5.47. The van der Waals surface area contributed by atoms with Crippen LogP contribution in [0.2, 0.25) is 0 Å². The first kappa shape index (κ1) is 14.0. The van der Waals surface area contributed by atoms with Crippen LogP contribution in [-0.2, 0) is 29.2 Å². The molecule has 5 nitrogen and oxygen atoms in total. The summed E-state index contributed by atoms with van der Waals surface area (Å²) < 4.78 is 30.3. The van der Waals surface area contributed by atoms with Gasteiger partial charge in [0, 0.05) is 27.4 Å². The summed E-state index contributed by atoms with van der Waals surface area (Å²) in [5.74, 6) is 0. The first-order chi connectivity index (χ1) is 6.81. The highest BCUT2D eigenvalue weighted by molar-refractivity contribution is 7.75. The second-order valence-corrected chi connectivity index (χ2v) is 3.42. The van der Waals surface area contributed by atoms with Crippen molar-refractivity contribution in [3.63, 3.8) is 0 Å². The monoisotopic (exact) mass is 226 g/mol. The van der Waals surface area contributed by atoms with Crippen molar-refractivity contribution in [3.05, 3.63) is 0 Å². The number of ether oxygens (including phenoxy) is 2. The summed E-state index contributed by atoms with van der Waals surface area (Å²) >= 11 is -1.64. The molecule has 0 aliphatic heterocycles. The van der Waals surface area contributed by atoms with Gasteiger partial charge in [-0.15, -0.1) is 0 Å². The summed E-state index contributed by atoms with van der Waals surface area (Å²) in [6.07, 6.45) is 1.42. The molecule has 0 saturated heterocycles. The van der Waals surface area contributed by atoms with Crippen LogP contribution in [0.5, 0.6) is 0 Å². The summed E-state index contributed by atoms with van der Waals surface area (Å²) in [5, 5.41) is 0. The van der Waals surface area contributed by atoms with Crippen molar-refractivity contribution in [2.75, 3.05) is 40.6 Å². The van der Waals surface area contributed by atoms with Gasteiger partial charge in [0.1, 0.15) is 0 Å². The van der Waals surface area contributed by atoms with Crippen molar-refractivity contribution < 1.29 is 22.0 Å². The van der Waals surface area contributed by atoms with Gasteiger partial charge in [0.15, 0.2) is 0 Å². The molecule has 0 amide bonds. The average molecular weight is 226 g/mol. The molecule has 0 rings (SSSR count). The average Bonchev–Trinajstić information content (AvgIpc) is 2.19. The Labute approximate surface area is 87.5 Å². The van der Waals surface area contributed by atoms with E-state index in [0.717, 1.165) is 0 Å². The van der Waals surface area contributed by atoms with Gasteiger partial charge < -0.3 is 9.47 Å². The molecule has 0 fully saturated rings. The van der Waals surface area contributed by atoms with Crippen molar-refractivity contribution in [1.82, 2.24) is 0 Å². The van der Waals surface area contributed by atoms with Crippen molar-refractivity contribution >= 4 is 11.4 Å². The van der Waals surface area contributed by atoms with Crippen LogP contribution in [0, 0.1) is 0 Å². The molecule has 0 saturated carbocycles. The number of methoxy groups -OCH3 is 2. The molecular weight excluding hydrogens is 208 g/mol. The smallest absolute Gasteiger partial charge is 0.304 e. The molecule has 0 heterocycles. The molecule has 0 atom stereocenters. The van der Waals surface area contributed by atoms with Crippen molar-refractivity contribution in [1.29, 1.82) is 0 Å². The van der Waals surface area contributed by atoms with Gasteiger partial charge in [-0.1, -0.05) is 0 Å². The van der Waals surface area contributed by atoms with Crippen molar-refractivity contribution in [2.24, 2.45) is 0 Å². The zero-order valence-corrected chi connectivity index (χ0v) is 9.51. The molecule has 0 aromatic rings. The lowest BCUT2D eigenvalue weighted by atomic mass is 10.5. The van der Waals surface area contributed by atoms with Gasteiger partial charge in [-0.3, -0.25) is 8.37 Å². The third-order valence-corrected chi connectivity index (χ3v) is 2.06. The topological polar surface area (TPSA) is 54.0 Å². The standard InChI is InChI=1S/C8H18O5S/c1-10-5-3-7-12-14(9)13-8-4-6-11-2/h3-8H2,1-2H3. The summed E-state index contributed by atoms with van der Waals surface area (Å²) in [6.45, 7) is 1.96. The van der Waals surface area contributed by atoms with Gasteiger partial charge in [-0.05, 0) is 12.8 Å². The molecule has 0 spiro atoms. The Morgan fingerprint density at radius 1 is 0.857 bits per heavy atom. The molecule has 0 aromatic heterocycles. The maximum atomic E-state index is 11.0. The summed E-state index contributed by atoms with van der Waals surface area (Å²) in [4.78, 5) is 0. The Morgan fingerprint density at radius 2 is 1.29 bits per heavy atom. The lowest BCUT2D eigenvalue weighted by molar-refractivity contribution is 0.157. The number of hydrogen-bond acceptors (Lipinski definition) is 5. The zero-order valence-electron chi connectivity index (χ0n) is 8.69. The highest BCUT2D eigenvalue weighted by atomic mass is 32.2. The quantitative estimate of drug-likeness (QED) is 0.512. The Bertz CT molecular complexity index is 128.